The fourth-order valence-electron chi connectivity index (χ4n) is 1.70. The van der Waals surface area contributed by atoms with Crippen molar-refractivity contribution >= 4 is 29.1 Å². The lowest BCUT2D eigenvalue weighted by Gasteiger charge is -2.16. The summed E-state index contributed by atoms with van der Waals surface area (Å²) in [5.41, 5.74) is 0.248. The maximum Gasteiger partial charge on any atom is 0.330 e. The molecule has 1 aromatic heterocycles. The number of nitro groups is 1. The van der Waals surface area contributed by atoms with Crippen LogP contribution in [0.5, 0.6) is 0 Å². The van der Waals surface area contributed by atoms with E-state index in [0.717, 1.165) is 12.3 Å². The second-order valence-corrected chi connectivity index (χ2v) is 4.51. The molecule has 0 aliphatic heterocycles. The van der Waals surface area contributed by atoms with Crippen LogP contribution < -0.4 is 5.32 Å². The number of carboxylic acid groups (broad SMARTS) is 1. The predicted octanol–water partition coefficient (Wildman–Crippen LogP) is 2.88. The number of hydrogen-bond donors (Lipinski definition) is 2. The third-order valence-corrected chi connectivity index (χ3v) is 2.99. The Kier molecular flexibility index (Phi) is 4.34. The third kappa shape index (κ3) is 3.46. The Morgan fingerprint density at radius 1 is 1.38 bits per heavy atom. The number of aliphatic carboxylic acids is 1. The van der Waals surface area contributed by atoms with E-state index in [2.05, 4.69) is 10.3 Å². The quantitative estimate of drug-likeness (QED) is 0.650. The summed E-state index contributed by atoms with van der Waals surface area (Å²) >= 11 is 5.89. The van der Waals surface area contributed by atoms with Crippen molar-refractivity contribution < 1.29 is 14.8 Å². The highest BCUT2D eigenvalue weighted by atomic mass is 35.5. The topological polar surface area (TPSA) is 105 Å². The number of nitrogens with one attached hydrogen (secondary N) is 1. The van der Waals surface area contributed by atoms with E-state index < -0.39 is 16.9 Å². The van der Waals surface area contributed by atoms with Crippen molar-refractivity contribution in [3.8, 4) is 0 Å². The summed E-state index contributed by atoms with van der Waals surface area (Å²) in [6.45, 7) is 0. The number of carbonyl (C=O) groups is 1. The first-order chi connectivity index (χ1) is 9.99. The van der Waals surface area contributed by atoms with Gasteiger partial charge in [-0.3, -0.25) is 10.1 Å². The number of rotatable bonds is 5. The highest BCUT2D eigenvalue weighted by molar-refractivity contribution is 6.33. The molecular weight excluding hydrogens is 298 g/mol. The number of anilines is 1. The molecule has 2 N–H and O–H groups in total. The van der Waals surface area contributed by atoms with Crippen LogP contribution in [0.1, 0.15) is 11.6 Å². The van der Waals surface area contributed by atoms with Crippen LogP contribution in [-0.4, -0.2) is 21.0 Å². The monoisotopic (exact) mass is 307 g/mol. The van der Waals surface area contributed by atoms with Crippen molar-refractivity contribution in [1.29, 1.82) is 0 Å². The number of carboxylic acids is 1. The van der Waals surface area contributed by atoms with Crippen LogP contribution in [0.3, 0.4) is 0 Å². The predicted molar refractivity (Wildman–Crippen MR) is 76.3 cm³/mol. The van der Waals surface area contributed by atoms with E-state index in [1.165, 1.54) is 0 Å². The van der Waals surface area contributed by atoms with Crippen LogP contribution in [0.2, 0.25) is 5.02 Å². The molecule has 1 aromatic carbocycles. The largest absolute Gasteiger partial charge is 0.479 e. The zero-order valence-corrected chi connectivity index (χ0v) is 11.3. The molecule has 0 bridgehead atoms. The second kappa shape index (κ2) is 6.19. The minimum Gasteiger partial charge on any atom is -0.479 e. The van der Waals surface area contributed by atoms with E-state index in [0.29, 0.717) is 5.56 Å². The molecule has 21 heavy (non-hydrogen) atoms. The summed E-state index contributed by atoms with van der Waals surface area (Å²) in [5, 5.41) is 22.5. The Bertz CT molecular complexity index is 678. The Balaban J connectivity index is 2.30. The molecule has 108 valence electrons. The summed E-state index contributed by atoms with van der Waals surface area (Å²) < 4.78 is 0. The first-order valence-electron chi connectivity index (χ1n) is 5.83. The van der Waals surface area contributed by atoms with Gasteiger partial charge >= 0.3 is 5.97 Å². The molecule has 0 fully saturated rings. The molecule has 0 aliphatic carbocycles. The van der Waals surface area contributed by atoms with E-state index in [9.17, 15) is 20.0 Å². The fourth-order valence-corrected chi connectivity index (χ4v) is 1.92. The van der Waals surface area contributed by atoms with Gasteiger partial charge in [0, 0.05) is 6.07 Å². The minimum atomic E-state index is -1.11. The Morgan fingerprint density at radius 3 is 2.57 bits per heavy atom. The van der Waals surface area contributed by atoms with Crippen molar-refractivity contribution in [2.24, 2.45) is 0 Å². The van der Waals surface area contributed by atoms with Crippen LogP contribution >= 0.6 is 11.6 Å². The van der Waals surface area contributed by atoms with Gasteiger partial charge in [-0.05, 0) is 5.56 Å². The van der Waals surface area contributed by atoms with Gasteiger partial charge in [-0.25, -0.2) is 9.78 Å². The summed E-state index contributed by atoms with van der Waals surface area (Å²) in [7, 11) is 0. The molecule has 1 unspecified atom stereocenters. The lowest BCUT2D eigenvalue weighted by molar-refractivity contribution is -0.385. The number of aromatic nitrogens is 1. The molecule has 0 saturated heterocycles. The molecule has 2 rings (SSSR count). The minimum absolute atomic E-state index is 0.0219. The summed E-state index contributed by atoms with van der Waals surface area (Å²) in [6.07, 6.45) is 1.01. The molecule has 8 heteroatoms. The van der Waals surface area contributed by atoms with E-state index >= 15 is 0 Å². The normalized spacial score (nSPS) is 11.7. The molecule has 0 amide bonds. The van der Waals surface area contributed by atoms with Crippen molar-refractivity contribution in [2.75, 3.05) is 5.32 Å². The molecule has 2 aromatic rings. The Morgan fingerprint density at radius 2 is 2.05 bits per heavy atom. The lowest BCUT2D eigenvalue weighted by atomic mass is 10.1. The maximum absolute atomic E-state index is 11.3. The molecule has 0 aliphatic rings. The van der Waals surface area contributed by atoms with Crippen LogP contribution in [0.25, 0.3) is 0 Å². The first kappa shape index (κ1) is 14.7. The van der Waals surface area contributed by atoms with E-state index in [1.807, 2.05) is 0 Å². The zero-order valence-electron chi connectivity index (χ0n) is 10.6. The lowest BCUT2D eigenvalue weighted by Crippen LogP contribution is -2.21. The first-order valence-corrected chi connectivity index (χ1v) is 6.21. The van der Waals surface area contributed by atoms with Gasteiger partial charge in [-0.2, -0.15) is 0 Å². The molecule has 1 heterocycles. The van der Waals surface area contributed by atoms with Crippen LogP contribution in [0, 0.1) is 10.1 Å². The van der Waals surface area contributed by atoms with Gasteiger partial charge in [0.2, 0.25) is 0 Å². The van der Waals surface area contributed by atoms with E-state index in [1.54, 1.807) is 30.3 Å². The average molecular weight is 308 g/mol. The van der Waals surface area contributed by atoms with E-state index in [4.69, 9.17) is 11.6 Å². The van der Waals surface area contributed by atoms with Gasteiger partial charge in [0.1, 0.15) is 12.0 Å². The average Bonchev–Trinajstić information content (AvgIpc) is 2.46. The highest BCUT2D eigenvalue weighted by Crippen LogP contribution is 2.27. The highest BCUT2D eigenvalue weighted by Gasteiger charge is 2.21. The summed E-state index contributed by atoms with van der Waals surface area (Å²) in [4.78, 5) is 25.1. The molecule has 0 saturated carbocycles. The van der Waals surface area contributed by atoms with Crippen LogP contribution in [0.4, 0.5) is 11.5 Å². The molecule has 0 spiro atoms. The van der Waals surface area contributed by atoms with Gasteiger partial charge in [0.05, 0.1) is 9.95 Å². The van der Waals surface area contributed by atoms with Crippen molar-refractivity contribution in [2.45, 2.75) is 6.04 Å². The SMILES string of the molecule is O=C(O)C(Nc1ncc([N+](=O)[O-])cc1Cl)c1ccccc1. The molecule has 0 radical (unpaired) electrons. The molecule has 1 atom stereocenters. The van der Waals surface area contributed by atoms with Gasteiger partial charge in [0.15, 0.2) is 6.04 Å². The van der Waals surface area contributed by atoms with Gasteiger partial charge < -0.3 is 10.4 Å². The summed E-state index contributed by atoms with van der Waals surface area (Å²) in [5.74, 6) is -1.05. The fraction of sp³-hybridized carbons (Fsp3) is 0.0769. The van der Waals surface area contributed by atoms with Crippen LogP contribution in [-0.2, 0) is 4.79 Å². The van der Waals surface area contributed by atoms with Gasteiger partial charge in [0.25, 0.3) is 5.69 Å². The number of benzene rings is 1. The number of nitrogens with zero attached hydrogens (tertiary/aromatic N) is 2. The van der Waals surface area contributed by atoms with Crippen molar-refractivity contribution in [3.63, 3.8) is 0 Å². The van der Waals surface area contributed by atoms with Crippen LogP contribution in [0.15, 0.2) is 42.6 Å². The van der Waals surface area contributed by atoms with Crippen molar-refractivity contribution in [1.82, 2.24) is 4.98 Å². The molecular formula is C13H10ClN3O4. The smallest absolute Gasteiger partial charge is 0.330 e. The standard InChI is InChI=1S/C13H10ClN3O4/c14-10-6-9(17(20)21)7-15-12(10)16-11(13(18)19)8-4-2-1-3-5-8/h1-7,11H,(H,15,16)(H,18,19). The Hall–Kier alpha value is -2.67. The maximum atomic E-state index is 11.3. The van der Waals surface area contributed by atoms with Gasteiger partial charge in [-0.15, -0.1) is 0 Å². The Labute approximate surface area is 124 Å². The zero-order chi connectivity index (χ0) is 15.4. The molecule has 7 nitrogen and oxygen atoms in total. The third-order valence-electron chi connectivity index (χ3n) is 2.70. The summed E-state index contributed by atoms with van der Waals surface area (Å²) in [6, 6.07) is 8.52. The number of hydrogen-bond acceptors (Lipinski definition) is 5. The van der Waals surface area contributed by atoms with E-state index in [-0.39, 0.29) is 16.5 Å². The number of halogens is 1. The number of pyridine rings is 1. The van der Waals surface area contributed by atoms with Gasteiger partial charge in [-0.1, -0.05) is 41.9 Å². The second-order valence-electron chi connectivity index (χ2n) is 4.11. The van der Waals surface area contributed by atoms with Crippen molar-refractivity contribution in [3.05, 3.63) is 63.3 Å².